The van der Waals surface area contributed by atoms with Crippen LogP contribution in [0.1, 0.15) is 28.9 Å². The quantitative estimate of drug-likeness (QED) is 0.318. The Bertz CT molecular complexity index is 1410. The highest BCUT2D eigenvalue weighted by molar-refractivity contribution is 6.03. The normalized spacial score (nSPS) is 18.6. The number of hydrogen-bond acceptors (Lipinski definition) is 8. The van der Waals surface area contributed by atoms with Crippen LogP contribution < -0.4 is 16.0 Å². The van der Waals surface area contributed by atoms with Crippen molar-refractivity contribution in [2.45, 2.75) is 31.5 Å². The van der Waals surface area contributed by atoms with Crippen LogP contribution >= 0.6 is 0 Å². The molecule has 5 N–H and O–H groups in total. The van der Waals surface area contributed by atoms with Crippen LogP contribution in [-0.4, -0.2) is 74.2 Å². The third-order valence-electron chi connectivity index (χ3n) is 7.03. The number of H-pyrrole nitrogens is 1. The monoisotopic (exact) mass is 498 g/mol. The van der Waals surface area contributed by atoms with E-state index in [2.05, 4.69) is 30.2 Å². The number of β-amino-alcohol motifs (C(OH)–C–C–N with tert-alkyl or cyclic N) is 1. The van der Waals surface area contributed by atoms with Crippen LogP contribution in [0.15, 0.2) is 55.0 Å². The van der Waals surface area contributed by atoms with E-state index in [4.69, 9.17) is 5.73 Å². The summed E-state index contributed by atoms with van der Waals surface area (Å²) in [7, 11) is 0. The number of pyridine rings is 1. The molecule has 37 heavy (non-hydrogen) atoms. The topological polar surface area (TPSA) is 136 Å². The minimum Gasteiger partial charge on any atom is -0.389 e. The maximum Gasteiger partial charge on any atom is 0.274 e. The SMILES string of the molecule is N[C@@H]1CCCN(Cc2ccnc(C(=O)Nc3ccc(-c4cc5c(N6CC(O)C6)ncnc5[nH]4)cc3)c2)C1. The van der Waals surface area contributed by atoms with Crippen molar-refractivity contribution in [1.29, 1.82) is 0 Å². The first-order valence-corrected chi connectivity index (χ1v) is 12.6. The Morgan fingerprint density at radius 2 is 1.95 bits per heavy atom. The molecule has 2 fully saturated rings. The van der Waals surface area contributed by atoms with Gasteiger partial charge in [-0.25, -0.2) is 9.97 Å². The molecule has 10 nitrogen and oxygen atoms in total. The molecule has 0 aliphatic carbocycles. The van der Waals surface area contributed by atoms with Crippen LogP contribution in [-0.2, 0) is 6.54 Å². The highest BCUT2D eigenvalue weighted by Gasteiger charge is 2.27. The first-order chi connectivity index (χ1) is 18.0. The molecule has 1 aromatic carbocycles. The molecular weight excluding hydrogens is 468 g/mol. The fourth-order valence-corrected chi connectivity index (χ4v) is 5.08. The van der Waals surface area contributed by atoms with E-state index in [1.807, 2.05) is 47.4 Å². The lowest BCUT2D eigenvalue weighted by molar-refractivity contribution is 0.102. The number of nitrogens with two attached hydrogens (primary N) is 1. The van der Waals surface area contributed by atoms with Crippen LogP contribution in [0, 0.1) is 0 Å². The summed E-state index contributed by atoms with van der Waals surface area (Å²) in [4.78, 5) is 33.6. The summed E-state index contributed by atoms with van der Waals surface area (Å²) in [6.45, 7) is 3.81. The molecule has 0 unspecified atom stereocenters. The van der Waals surface area contributed by atoms with Crippen molar-refractivity contribution in [1.82, 2.24) is 24.8 Å². The summed E-state index contributed by atoms with van der Waals surface area (Å²) in [5.41, 5.74) is 10.9. The van der Waals surface area contributed by atoms with Crippen LogP contribution in [0.5, 0.6) is 0 Å². The van der Waals surface area contributed by atoms with Crippen LogP contribution in [0.2, 0.25) is 0 Å². The number of nitrogens with zero attached hydrogens (tertiary/aromatic N) is 5. The molecule has 0 spiro atoms. The third kappa shape index (κ3) is 5.04. The maximum absolute atomic E-state index is 12.9. The third-order valence-corrected chi connectivity index (χ3v) is 7.03. The smallest absolute Gasteiger partial charge is 0.274 e. The highest BCUT2D eigenvalue weighted by atomic mass is 16.3. The number of carbonyl (C=O) groups excluding carboxylic acids is 1. The van der Waals surface area contributed by atoms with Gasteiger partial charge in [-0.2, -0.15) is 0 Å². The maximum atomic E-state index is 12.9. The Morgan fingerprint density at radius 3 is 2.73 bits per heavy atom. The number of benzene rings is 1. The van der Waals surface area contributed by atoms with Crippen molar-refractivity contribution in [2.75, 3.05) is 36.4 Å². The van der Waals surface area contributed by atoms with E-state index in [0.29, 0.717) is 24.5 Å². The van der Waals surface area contributed by atoms with Gasteiger partial charge in [0.1, 0.15) is 23.5 Å². The van der Waals surface area contributed by atoms with Crippen molar-refractivity contribution in [3.8, 4) is 11.3 Å². The number of piperidine rings is 1. The van der Waals surface area contributed by atoms with Crippen LogP contribution in [0.25, 0.3) is 22.3 Å². The molecule has 3 aromatic heterocycles. The van der Waals surface area contributed by atoms with Crippen molar-refractivity contribution in [3.05, 3.63) is 66.2 Å². The molecule has 0 bridgehead atoms. The number of hydrogen-bond donors (Lipinski definition) is 4. The molecule has 1 amide bonds. The Labute approximate surface area is 214 Å². The second kappa shape index (κ2) is 9.89. The molecule has 190 valence electrons. The number of aliphatic hydroxyl groups is 1. The van der Waals surface area contributed by atoms with Gasteiger partial charge >= 0.3 is 0 Å². The predicted octanol–water partition coefficient (Wildman–Crippen LogP) is 2.38. The molecule has 10 heteroatoms. The number of nitrogens with one attached hydrogen (secondary N) is 2. The molecule has 6 rings (SSSR count). The number of amides is 1. The summed E-state index contributed by atoms with van der Waals surface area (Å²) < 4.78 is 0. The van der Waals surface area contributed by atoms with E-state index < -0.39 is 0 Å². The summed E-state index contributed by atoms with van der Waals surface area (Å²) in [5, 5.41) is 13.5. The fraction of sp³-hybridized carbons (Fsp3) is 0.333. The van der Waals surface area contributed by atoms with E-state index in [1.165, 1.54) is 6.33 Å². The minimum atomic E-state index is -0.308. The number of aromatic nitrogens is 4. The zero-order chi connectivity index (χ0) is 25.4. The fourth-order valence-electron chi connectivity index (χ4n) is 5.08. The largest absolute Gasteiger partial charge is 0.389 e. The van der Waals surface area contributed by atoms with Gasteiger partial charge < -0.3 is 26.0 Å². The highest BCUT2D eigenvalue weighted by Crippen LogP contribution is 2.31. The molecule has 2 saturated heterocycles. The molecule has 5 heterocycles. The van der Waals surface area contributed by atoms with Crippen molar-refractivity contribution in [2.24, 2.45) is 5.73 Å². The number of carbonyl (C=O) groups is 1. The Balaban J connectivity index is 1.13. The molecule has 2 aliphatic heterocycles. The lowest BCUT2D eigenvalue weighted by atomic mass is 10.1. The predicted molar refractivity (Wildman–Crippen MR) is 142 cm³/mol. The summed E-state index contributed by atoms with van der Waals surface area (Å²) in [6.07, 6.45) is 5.08. The number of aromatic amines is 1. The van der Waals surface area contributed by atoms with E-state index in [-0.39, 0.29) is 18.1 Å². The number of likely N-dealkylation sites (tertiary alicyclic amines) is 1. The van der Waals surface area contributed by atoms with Gasteiger partial charge in [-0.15, -0.1) is 0 Å². The summed E-state index contributed by atoms with van der Waals surface area (Å²) in [6, 6.07) is 13.7. The molecule has 0 saturated carbocycles. The lowest BCUT2D eigenvalue weighted by Gasteiger charge is -2.36. The first-order valence-electron chi connectivity index (χ1n) is 12.6. The Morgan fingerprint density at radius 1 is 1.11 bits per heavy atom. The average molecular weight is 499 g/mol. The van der Waals surface area contributed by atoms with E-state index >= 15 is 0 Å². The molecular formula is C27H30N8O2. The minimum absolute atomic E-state index is 0.218. The number of fused-ring (bicyclic) bond motifs is 1. The van der Waals surface area contributed by atoms with Crippen molar-refractivity contribution in [3.63, 3.8) is 0 Å². The van der Waals surface area contributed by atoms with Crippen LogP contribution in [0.4, 0.5) is 11.5 Å². The van der Waals surface area contributed by atoms with Gasteiger partial charge in [0.25, 0.3) is 5.91 Å². The van der Waals surface area contributed by atoms with Crippen molar-refractivity contribution < 1.29 is 9.90 Å². The van der Waals surface area contributed by atoms with E-state index in [1.54, 1.807) is 6.20 Å². The number of anilines is 2. The van der Waals surface area contributed by atoms with Crippen LogP contribution in [0.3, 0.4) is 0 Å². The van der Waals surface area contributed by atoms with Crippen molar-refractivity contribution >= 4 is 28.4 Å². The summed E-state index contributed by atoms with van der Waals surface area (Å²) >= 11 is 0. The second-order valence-corrected chi connectivity index (χ2v) is 9.92. The zero-order valence-corrected chi connectivity index (χ0v) is 20.5. The Kier molecular flexibility index (Phi) is 6.29. The molecule has 2 aliphatic rings. The molecule has 4 aromatic rings. The lowest BCUT2D eigenvalue weighted by Crippen LogP contribution is -2.51. The van der Waals surface area contributed by atoms with Gasteiger partial charge in [0.05, 0.1) is 11.5 Å². The zero-order valence-electron chi connectivity index (χ0n) is 20.5. The van der Waals surface area contributed by atoms with Gasteiger partial charge in [-0.05, 0) is 60.8 Å². The van der Waals surface area contributed by atoms with E-state index in [9.17, 15) is 9.90 Å². The Hall–Kier alpha value is -3.86. The molecule has 0 radical (unpaired) electrons. The standard InChI is InChI=1S/C27H30N8O2/c28-19-2-1-9-34(13-19)12-17-7-8-29-24(10-17)27(37)32-20-5-3-18(4-6-20)23-11-22-25(33-23)30-16-31-26(22)35-14-21(36)15-35/h3-8,10-11,16,19,21,36H,1-2,9,12-15,28H2,(H,32,37)(H,30,31,33)/t19-/m1/s1. The van der Waals surface area contributed by atoms with Gasteiger partial charge in [0.15, 0.2) is 0 Å². The van der Waals surface area contributed by atoms with Gasteiger partial charge in [-0.1, -0.05) is 12.1 Å². The number of rotatable bonds is 6. The van der Waals surface area contributed by atoms with Gasteiger partial charge in [0, 0.05) is 49.8 Å². The molecule has 1 atom stereocenters. The number of aliphatic hydroxyl groups excluding tert-OH is 1. The summed E-state index contributed by atoms with van der Waals surface area (Å²) in [5.74, 6) is 0.576. The second-order valence-electron chi connectivity index (χ2n) is 9.92. The average Bonchev–Trinajstić information content (AvgIpc) is 3.32. The first kappa shape index (κ1) is 23.5. The van der Waals surface area contributed by atoms with Gasteiger partial charge in [0.2, 0.25) is 0 Å². The van der Waals surface area contributed by atoms with Gasteiger partial charge in [-0.3, -0.25) is 14.7 Å². The van der Waals surface area contributed by atoms with E-state index in [0.717, 1.165) is 66.1 Å².